The largest absolute Gasteiger partial charge is 0.468 e. The van der Waals surface area contributed by atoms with Gasteiger partial charge in [-0.05, 0) is 42.5 Å². The number of hydrogen-bond donors (Lipinski definition) is 0. The van der Waals surface area contributed by atoms with Gasteiger partial charge in [0.15, 0.2) is 4.80 Å². The number of esters is 1. The van der Waals surface area contributed by atoms with E-state index in [0.717, 1.165) is 11.3 Å². The molecule has 0 saturated heterocycles. The molecule has 0 fully saturated rings. The molecule has 0 atom stereocenters. The smallest absolute Gasteiger partial charge is 0.325 e. The second-order valence-corrected chi connectivity index (χ2v) is 7.50. The lowest BCUT2D eigenvalue weighted by Gasteiger charge is -2.06. The molecule has 1 aromatic heterocycles. The van der Waals surface area contributed by atoms with Crippen LogP contribution in [0.2, 0.25) is 0 Å². The van der Waals surface area contributed by atoms with E-state index in [2.05, 4.69) is 4.99 Å². The predicted molar refractivity (Wildman–Crippen MR) is 115 cm³/mol. The summed E-state index contributed by atoms with van der Waals surface area (Å²) in [5.74, 6) is -0.499. The first-order valence-electron chi connectivity index (χ1n) is 9.32. The highest BCUT2D eigenvalue weighted by molar-refractivity contribution is 7.16. The molecule has 4 aromatic rings. The summed E-state index contributed by atoms with van der Waals surface area (Å²) in [5, 5.41) is 0. The number of methoxy groups -OCH3 is 1. The van der Waals surface area contributed by atoms with Crippen LogP contribution in [0, 0.1) is 5.82 Å². The number of hydrogen-bond acceptors (Lipinski definition) is 5. The zero-order chi connectivity index (χ0) is 21.8. The molecule has 0 spiro atoms. The zero-order valence-electron chi connectivity index (χ0n) is 16.4. The van der Waals surface area contributed by atoms with E-state index in [1.54, 1.807) is 48.5 Å². The number of nitrogens with zero attached hydrogens (tertiary/aromatic N) is 2. The fourth-order valence-electron chi connectivity index (χ4n) is 2.98. The van der Waals surface area contributed by atoms with Crippen LogP contribution >= 0.6 is 11.3 Å². The van der Waals surface area contributed by atoms with E-state index in [4.69, 9.17) is 9.47 Å². The van der Waals surface area contributed by atoms with Crippen molar-refractivity contribution >= 4 is 33.4 Å². The maximum Gasteiger partial charge on any atom is 0.325 e. The van der Waals surface area contributed by atoms with Crippen molar-refractivity contribution in [2.45, 2.75) is 6.54 Å². The number of carbonyl (C=O) groups is 2. The van der Waals surface area contributed by atoms with Crippen LogP contribution in [0.4, 0.5) is 4.39 Å². The second-order valence-electron chi connectivity index (χ2n) is 6.49. The van der Waals surface area contributed by atoms with E-state index < -0.39 is 17.7 Å². The minimum atomic E-state index is -0.574. The van der Waals surface area contributed by atoms with Crippen molar-refractivity contribution in [3.8, 4) is 11.5 Å². The fraction of sp³-hybridized carbons (Fsp3) is 0.0870. The summed E-state index contributed by atoms with van der Waals surface area (Å²) in [5.41, 5.74) is 0.501. The molecule has 0 unspecified atom stereocenters. The van der Waals surface area contributed by atoms with Gasteiger partial charge in [-0.15, -0.1) is 0 Å². The van der Waals surface area contributed by atoms with Crippen LogP contribution in [0.25, 0.3) is 10.2 Å². The van der Waals surface area contributed by atoms with Crippen molar-refractivity contribution < 1.29 is 23.5 Å². The van der Waals surface area contributed by atoms with Crippen molar-refractivity contribution in [3.63, 3.8) is 0 Å². The van der Waals surface area contributed by atoms with Gasteiger partial charge in [0.05, 0.1) is 17.3 Å². The topological polar surface area (TPSA) is 69.9 Å². The van der Waals surface area contributed by atoms with Crippen LogP contribution in [0.15, 0.2) is 77.8 Å². The normalized spacial score (nSPS) is 11.5. The molecule has 156 valence electrons. The fourth-order valence-corrected chi connectivity index (χ4v) is 4.02. The quantitative estimate of drug-likeness (QED) is 0.431. The lowest BCUT2D eigenvalue weighted by molar-refractivity contribution is -0.141. The molecular formula is C23H17FN2O4S. The summed E-state index contributed by atoms with van der Waals surface area (Å²) in [7, 11) is 1.24. The SMILES string of the molecule is COC(=O)Cn1c(=NC(=O)c2cccc(Oc3ccccc3)c2)sc2cccc(F)c21. The van der Waals surface area contributed by atoms with Gasteiger partial charge < -0.3 is 14.0 Å². The van der Waals surface area contributed by atoms with Crippen molar-refractivity contribution in [2.75, 3.05) is 7.11 Å². The van der Waals surface area contributed by atoms with E-state index >= 15 is 0 Å². The van der Waals surface area contributed by atoms with E-state index in [0.29, 0.717) is 21.8 Å². The number of benzene rings is 3. The molecule has 0 N–H and O–H groups in total. The molecule has 0 aliphatic carbocycles. The number of carbonyl (C=O) groups excluding carboxylic acids is 2. The lowest BCUT2D eigenvalue weighted by Crippen LogP contribution is -2.22. The zero-order valence-corrected chi connectivity index (χ0v) is 17.3. The highest BCUT2D eigenvalue weighted by Gasteiger charge is 2.15. The third-order valence-electron chi connectivity index (χ3n) is 4.42. The summed E-state index contributed by atoms with van der Waals surface area (Å²) in [6.07, 6.45) is 0. The van der Waals surface area contributed by atoms with E-state index in [9.17, 15) is 14.0 Å². The highest BCUT2D eigenvalue weighted by atomic mass is 32.1. The highest BCUT2D eigenvalue weighted by Crippen LogP contribution is 2.23. The molecule has 31 heavy (non-hydrogen) atoms. The Morgan fingerprint density at radius 1 is 1.00 bits per heavy atom. The second kappa shape index (κ2) is 8.93. The van der Waals surface area contributed by atoms with Gasteiger partial charge in [0, 0.05) is 5.56 Å². The van der Waals surface area contributed by atoms with E-state index in [1.165, 1.54) is 17.7 Å². The van der Waals surface area contributed by atoms with Gasteiger partial charge in [-0.3, -0.25) is 9.59 Å². The summed E-state index contributed by atoms with van der Waals surface area (Å²) >= 11 is 1.12. The molecule has 1 amide bonds. The first kappa shape index (κ1) is 20.5. The van der Waals surface area contributed by atoms with Crippen LogP contribution in [0.1, 0.15) is 10.4 Å². The molecule has 3 aromatic carbocycles. The van der Waals surface area contributed by atoms with Gasteiger partial charge in [-0.1, -0.05) is 41.7 Å². The summed E-state index contributed by atoms with van der Waals surface area (Å²) in [6, 6.07) is 20.4. The molecule has 1 heterocycles. The number of rotatable bonds is 5. The number of halogens is 1. The Morgan fingerprint density at radius 2 is 1.74 bits per heavy atom. The molecule has 0 aliphatic rings. The van der Waals surface area contributed by atoms with Crippen LogP contribution in [-0.2, 0) is 16.1 Å². The van der Waals surface area contributed by atoms with Gasteiger partial charge in [0.1, 0.15) is 23.9 Å². The minimum Gasteiger partial charge on any atom is -0.468 e. The van der Waals surface area contributed by atoms with Crippen LogP contribution in [-0.4, -0.2) is 23.6 Å². The van der Waals surface area contributed by atoms with Gasteiger partial charge in [0.25, 0.3) is 5.91 Å². The Balaban J connectivity index is 1.72. The third-order valence-corrected chi connectivity index (χ3v) is 5.47. The van der Waals surface area contributed by atoms with Crippen molar-refractivity contribution in [2.24, 2.45) is 4.99 Å². The Morgan fingerprint density at radius 3 is 2.52 bits per heavy atom. The van der Waals surface area contributed by atoms with Gasteiger partial charge in [-0.25, -0.2) is 4.39 Å². The maximum absolute atomic E-state index is 14.4. The number of ether oxygens (including phenoxy) is 2. The molecule has 8 heteroatoms. The molecule has 0 bridgehead atoms. The lowest BCUT2D eigenvalue weighted by atomic mass is 10.2. The number of aromatic nitrogens is 1. The monoisotopic (exact) mass is 436 g/mol. The standard InChI is InChI=1S/C23H17FN2O4S/c1-29-20(27)14-26-21-18(24)11-6-12-19(21)31-23(26)25-22(28)15-7-5-10-17(13-15)30-16-8-3-2-4-9-16/h2-13H,14H2,1H3. The van der Waals surface area contributed by atoms with Crippen molar-refractivity contribution in [1.82, 2.24) is 4.57 Å². The Hall–Kier alpha value is -3.78. The third kappa shape index (κ3) is 4.54. The molecule has 0 saturated carbocycles. The van der Waals surface area contributed by atoms with Gasteiger partial charge >= 0.3 is 5.97 Å². The first-order valence-corrected chi connectivity index (χ1v) is 10.1. The number of para-hydroxylation sites is 2. The summed E-state index contributed by atoms with van der Waals surface area (Å²) < 4.78 is 26.8. The average molecular weight is 436 g/mol. The number of fused-ring (bicyclic) bond motifs is 1. The number of thiazole rings is 1. The molecular weight excluding hydrogens is 419 g/mol. The number of amides is 1. The molecule has 6 nitrogen and oxygen atoms in total. The molecule has 4 rings (SSSR count). The Kier molecular flexibility index (Phi) is 5.90. The van der Waals surface area contributed by atoms with E-state index in [-0.39, 0.29) is 16.9 Å². The van der Waals surface area contributed by atoms with Gasteiger partial charge in [-0.2, -0.15) is 4.99 Å². The minimum absolute atomic E-state index is 0.199. The Bertz CT molecular complexity index is 1330. The summed E-state index contributed by atoms with van der Waals surface area (Å²) in [4.78, 5) is 29.1. The van der Waals surface area contributed by atoms with Crippen molar-refractivity contribution in [3.05, 3.63) is 89.0 Å². The average Bonchev–Trinajstić information content (AvgIpc) is 3.12. The Labute approximate surface area is 180 Å². The molecule has 0 aliphatic heterocycles. The van der Waals surface area contributed by atoms with Crippen molar-refractivity contribution in [1.29, 1.82) is 0 Å². The van der Waals surface area contributed by atoms with Gasteiger partial charge in [0.2, 0.25) is 0 Å². The first-order chi connectivity index (χ1) is 15.0. The summed E-state index contributed by atoms with van der Waals surface area (Å²) in [6.45, 7) is -0.263. The van der Waals surface area contributed by atoms with Crippen LogP contribution in [0.5, 0.6) is 11.5 Å². The molecule has 0 radical (unpaired) electrons. The predicted octanol–water partition coefficient (Wildman–Crippen LogP) is 4.55. The van der Waals surface area contributed by atoms with Crippen LogP contribution in [0.3, 0.4) is 0 Å². The van der Waals surface area contributed by atoms with E-state index in [1.807, 2.05) is 18.2 Å². The van der Waals surface area contributed by atoms with Crippen LogP contribution < -0.4 is 9.54 Å². The maximum atomic E-state index is 14.4.